The number of rotatable bonds is 8. The Bertz CT molecular complexity index is 2100. The summed E-state index contributed by atoms with van der Waals surface area (Å²) >= 11 is 6.09. The monoisotopic (exact) mass is 695 g/mol. The van der Waals surface area contributed by atoms with Crippen molar-refractivity contribution < 1.29 is 31.1 Å². The zero-order chi connectivity index (χ0) is 34.1. The van der Waals surface area contributed by atoms with Crippen LogP contribution in [0.15, 0.2) is 102 Å². The molecule has 0 saturated carbocycles. The molecule has 0 aliphatic carbocycles. The van der Waals surface area contributed by atoms with Crippen LogP contribution in [0.1, 0.15) is 15.9 Å². The summed E-state index contributed by atoms with van der Waals surface area (Å²) in [4.78, 5) is 21.2. The normalized spacial score (nSPS) is 14.2. The Morgan fingerprint density at radius 1 is 0.917 bits per heavy atom. The molecule has 5 aromatic rings. The molecule has 0 spiro atoms. The molecule has 6 rings (SSSR count). The molecule has 0 radical (unpaired) electrons. The van der Waals surface area contributed by atoms with Crippen molar-refractivity contribution in [3.05, 3.63) is 113 Å². The molecule has 0 atom stereocenters. The third-order valence-corrected chi connectivity index (χ3v) is 9.53. The number of alkyl halides is 3. The number of nitrogen functional groups attached to an aromatic ring is 1. The number of amides is 1. The Balaban J connectivity index is 1.26. The van der Waals surface area contributed by atoms with E-state index in [9.17, 15) is 26.4 Å². The van der Waals surface area contributed by atoms with Gasteiger partial charge in [0.2, 0.25) is 0 Å². The first-order chi connectivity index (χ1) is 22.9. The number of halogens is 4. The van der Waals surface area contributed by atoms with Crippen molar-refractivity contribution in [2.24, 2.45) is 0 Å². The Morgan fingerprint density at radius 3 is 2.42 bits per heavy atom. The summed E-state index contributed by atoms with van der Waals surface area (Å²) in [6.07, 6.45) is -3.61. The number of para-hydroxylation sites is 1. The number of benzene rings is 4. The molecular formula is C34H29ClF3N5O4S. The highest BCUT2D eigenvalue weighted by atomic mass is 35.5. The second kappa shape index (κ2) is 13.3. The summed E-state index contributed by atoms with van der Waals surface area (Å²) in [5.41, 5.74) is 7.90. The fourth-order valence-electron chi connectivity index (χ4n) is 5.65. The topological polar surface area (TPSA) is 118 Å². The number of hydrogen-bond acceptors (Lipinski definition) is 7. The van der Waals surface area contributed by atoms with Crippen LogP contribution in [0.5, 0.6) is 5.75 Å². The van der Waals surface area contributed by atoms with Crippen LogP contribution in [0.3, 0.4) is 0 Å². The number of carbonyl (C=O) groups is 1. The molecule has 2 heterocycles. The number of hydrogen-bond donors (Lipinski definition) is 2. The van der Waals surface area contributed by atoms with E-state index in [0.717, 1.165) is 23.1 Å². The van der Waals surface area contributed by atoms with Gasteiger partial charge in [-0.2, -0.15) is 0 Å². The van der Waals surface area contributed by atoms with Crippen LogP contribution in [0, 0.1) is 0 Å². The van der Waals surface area contributed by atoms with Gasteiger partial charge in [-0.15, -0.1) is 13.2 Å². The Morgan fingerprint density at radius 2 is 1.67 bits per heavy atom. The van der Waals surface area contributed by atoms with Gasteiger partial charge >= 0.3 is 6.36 Å². The summed E-state index contributed by atoms with van der Waals surface area (Å²) in [6.45, 7) is 2.39. The molecule has 9 nitrogen and oxygen atoms in total. The van der Waals surface area contributed by atoms with Crippen molar-refractivity contribution in [3.8, 4) is 16.9 Å². The van der Waals surface area contributed by atoms with Crippen LogP contribution in [-0.2, 0) is 16.6 Å². The summed E-state index contributed by atoms with van der Waals surface area (Å²) < 4.78 is 74.8. The summed E-state index contributed by atoms with van der Waals surface area (Å²) in [7, 11) is -4.53. The minimum atomic E-state index is -5.17. The fraction of sp³-hybridized carbons (Fsp3) is 0.176. The van der Waals surface area contributed by atoms with Gasteiger partial charge in [0.25, 0.3) is 15.9 Å². The van der Waals surface area contributed by atoms with Crippen LogP contribution in [0.2, 0.25) is 5.02 Å². The molecule has 48 heavy (non-hydrogen) atoms. The molecule has 4 aromatic carbocycles. The van der Waals surface area contributed by atoms with Crippen molar-refractivity contribution in [3.63, 3.8) is 0 Å². The Hall–Kier alpha value is -4.85. The Labute approximate surface area is 279 Å². The van der Waals surface area contributed by atoms with Gasteiger partial charge in [-0.1, -0.05) is 48.0 Å². The first-order valence-electron chi connectivity index (χ1n) is 14.8. The van der Waals surface area contributed by atoms with Gasteiger partial charge in [-0.05, 0) is 60.2 Å². The van der Waals surface area contributed by atoms with E-state index in [0.29, 0.717) is 48.8 Å². The van der Waals surface area contributed by atoms with E-state index in [2.05, 4.69) is 19.3 Å². The van der Waals surface area contributed by atoms with Crippen molar-refractivity contribution >= 4 is 49.8 Å². The minimum Gasteiger partial charge on any atom is -0.404 e. The highest BCUT2D eigenvalue weighted by molar-refractivity contribution is 7.92. The number of ether oxygens (including phenoxy) is 1. The second-order valence-corrected chi connectivity index (χ2v) is 13.3. The van der Waals surface area contributed by atoms with Gasteiger partial charge < -0.3 is 15.4 Å². The summed E-state index contributed by atoms with van der Waals surface area (Å²) in [5.74, 6) is -1.39. The van der Waals surface area contributed by atoms with Crippen LogP contribution in [0.4, 0.5) is 24.5 Å². The number of anilines is 2. The molecular weight excluding hydrogens is 667 g/mol. The average molecular weight is 696 g/mol. The quantitative estimate of drug-likeness (QED) is 0.172. The molecule has 0 bridgehead atoms. The van der Waals surface area contributed by atoms with Crippen LogP contribution in [-0.4, -0.2) is 61.7 Å². The highest BCUT2D eigenvalue weighted by Gasteiger charge is 2.34. The molecule has 1 saturated heterocycles. The van der Waals surface area contributed by atoms with Crippen molar-refractivity contribution in [1.29, 1.82) is 0 Å². The maximum atomic E-state index is 13.8. The molecule has 14 heteroatoms. The molecule has 1 aliphatic heterocycles. The summed E-state index contributed by atoms with van der Waals surface area (Å²) in [5, 5.41) is 1.37. The van der Waals surface area contributed by atoms with Gasteiger partial charge in [-0.3, -0.25) is 19.4 Å². The molecule has 3 N–H and O–H groups in total. The predicted octanol–water partition coefficient (Wildman–Crippen LogP) is 6.79. The van der Waals surface area contributed by atoms with Crippen LogP contribution >= 0.6 is 11.6 Å². The van der Waals surface area contributed by atoms with Gasteiger partial charge in [0.1, 0.15) is 0 Å². The smallest absolute Gasteiger partial charge is 0.404 e. The molecule has 1 aliphatic rings. The van der Waals surface area contributed by atoms with E-state index in [4.69, 9.17) is 17.3 Å². The number of pyridine rings is 1. The lowest BCUT2D eigenvalue weighted by Gasteiger charge is -2.35. The minimum absolute atomic E-state index is 0.0875. The lowest BCUT2D eigenvalue weighted by atomic mass is 10.0. The number of piperazine rings is 1. The lowest BCUT2D eigenvalue weighted by molar-refractivity contribution is -0.274. The average Bonchev–Trinajstić information content (AvgIpc) is 3.04. The van der Waals surface area contributed by atoms with E-state index < -0.39 is 33.7 Å². The molecule has 0 unspecified atom stereocenters. The predicted molar refractivity (Wildman–Crippen MR) is 178 cm³/mol. The van der Waals surface area contributed by atoms with Crippen LogP contribution < -0.4 is 15.2 Å². The number of aromatic nitrogens is 1. The van der Waals surface area contributed by atoms with Crippen LogP contribution in [0.25, 0.3) is 22.0 Å². The van der Waals surface area contributed by atoms with Crippen molar-refractivity contribution in [2.75, 3.05) is 36.6 Å². The number of nitrogens with two attached hydrogens (primary N) is 1. The van der Waals surface area contributed by atoms with E-state index >= 15 is 0 Å². The molecule has 1 aromatic heterocycles. The fourth-order valence-corrected chi connectivity index (χ4v) is 7.13. The molecule has 1 amide bonds. The van der Waals surface area contributed by atoms with Gasteiger partial charge in [0, 0.05) is 71.7 Å². The lowest BCUT2D eigenvalue weighted by Crippen LogP contribution is -2.48. The van der Waals surface area contributed by atoms with E-state index in [1.807, 2.05) is 30.3 Å². The van der Waals surface area contributed by atoms with Crippen molar-refractivity contribution in [1.82, 2.24) is 14.8 Å². The van der Waals surface area contributed by atoms with Crippen molar-refractivity contribution in [2.45, 2.75) is 17.8 Å². The zero-order valence-corrected chi connectivity index (χ0v) is 26.8. The van der Waals surface area contributed by atoms with Gasteiger partial charge in [0.15, 0.2) is 5.75 Å². The largest absolute Gasteiger partial charge is 0.573 e. The number of nitrogens with zero attached hydrogens (tertiary/aromatic N) is 3. The van der Waals surface area contributed by atoms with E-state index in [-0.39, 0.29) is 21.7 Å². The highest BCUT2D eigenvalue weighted by Crippen LogP contribution is 2.37. The number of carbonyl (C=O) groups excluding carboxylic acids is 1. The molecule has 248 valence electrons. The number of nitrogens with one attached hydrogen (secondary N) is 1. The number of sulfonamides is 1. The first kappa shape index (κ1) is 33.1. The van der Waals surface area contributed by atoms with Gasteiger partial charge in [0.05, 0.1) is 16.1 Å². The third kappa shape index (κ3) is 7.48. The summed E-state index contributed by atoms with van der Waals surface area (Å²) in [6, 6.07) is 23.6. The Kier molecular flexibility index (Phi) is 9.19. The zero-order valence-electron chi connectivity index (χ0n) is 25.2. The maximum absolute atomic E-state index is 13.8. The first-order valence-corrected chi connectivity index (χ1v) is 16.6. The third-order valence-electron chi connectivity index (χ3n) is 7.87. The molecule has 1 fully saturated rings. The standard InChI is InChI=1S/C34H29ClF3N5O4S/c35-25-7-1-4-22(18-25)21-42-14-16-43(17-15-42)33(44)24-9-11-29(30(19-24)47-34(36,37)38)41-48(45,46)31-12-10-26(39)20-28(31)27-8-2-5-23-6-3-13-40-32(23)27/h1-13,18-20,41H,14-17,21,39H2. The van der Waals surface area contributed by atoms with E-state index in [1.54, 1.807) is 30.5 Å². The maximum Gasteiger partial charge on any atom is 0.573 e. The van der Waals surface area contributed by atoms with E-state index in [1.165, 1.54) is 29.2 Å². The second-order valence-electron chi connectivity index (χ2n) is 11.2. The number of fused-ring (bicyclic) bond motifs is 1. The van der Waals surface area contributed by atoms with Gasteiger partial charge in [-0.25, -0.2) is 8.42 Å². The SMILES string of the molecule is Nc1ccc(S(=O)(=O)Nc2ccc(C(=O)N3CCN(Cc4cccc(Cl)c4)CC3)cc2OC(F)(F)F)c(-c2cccc3cccnc23)c1.